The van der Waals surface area contributed by atoms with Crippen LogP contribution in [-0.4, -0.2) is 17.8 Å². The van der Waals surface area contributed by atoms with Crippen LogP contribution in [0.25, 0.3) is 0 Å². The van der Waals surface area contributed by atoms with Crippen molar-refractivity contribution < 1.29 is 5.11 Å². The Balaban J connectivity index is 0. The average Bonchev–Trinajstić information content (AvgIpc) is 1.91. The fourth-order valence-electron chi connectivity index (χ4n) is 0.354. The maximum atomic E-state index is 8.24. The highest BCUT2D eigenvalue weighted by molar-refractivity contribution is 4.40. The summed E-state index contributed by atoms with van der Waals surface area (Å²) in [5.74, 6) is 0. The maximum absolute atomic E-state index is 8.24. The summed E-state index contributed by atoms with van der Waals surface area (Å²) in [5, 5.41) is 8.24. The molecule has 0 spiro atoms. The molecule has 0 aromatic heterocycles. The first-order valence-electron chi connectivity index (χ1n) is 4.07. The monoisotopic (exact) mass is 147 g/mol. The number of hydrogen-bond donors (Lipinski definition) is 2. The first kappa shape index (κ1) is 12.6. The summed E-state index contributed by atoms with van der Waals surface area (Å²) in [6.45, 7) is 6.44. The van der Waals surface area contributed by atoms with E-state index in [-0.39, 0.29) is 6.10 Å². The van der Waals surface area contributed by atoms with E-state index in [0.29, 0.717) is 6.54 Å². The second-order valence-corrected chi connectivity index (χ2v) is 2.44. The van der Waals surface area contributed by atoms with Gasteiger partial charge in [-0.2, -0.15) is 0 Å². The Labute approximate surface area is 64.4 Å². The first-order valence-corrected chi connectivity index (χ1v) is 4.07. The fraction of sp³-hybridized carbons (Fsp3) is 1.00. The minimum Gasteiger partial charge on any atom is -0.392 e. The minimum atomic E-state index is -0.338. The largest absolute Gasteiger partial charge is 0.392 e. The molecule has 0 amide bonds. The summed E-state index contributed by atoms with van der Waals surface area (Å²) in [6.07, 6.45) is 3.74. The van der Waals surface area contributed by atoms with Gasteiger partial charge in [-0.1, -0.05) is 33.1 Å². The van der Waals surface area contributed by atoms with Gasteiger partial charge in [0.2, 0.25) is 0 Å². The molecule has 0 heterocycles. The Morgan fingerprint density at radius 3 is 1.60 bits per heavy atom. The van der Waals surface area contributed by atoms with E-state index in [2.05, 4.69) is 13.8 Å². The summed E-state index contributed by atoms with van der Waals surface area (Å²) >= 11 is 0. The molecule has 3 N–H and O–H groups in total. The highest BCUT2D eigenvalue weighted by atomic mass is 16.3. The van der Waals surface area contributed by atoms with Gasteiger partial charge in [-0.3, -0.25) is 0 Å². The van der Waals surface area contributed by atoms with Crippen molar-refractivity contribution >= 4 is 0 Å². The second kappa shape index (κ2) is 11.7. The van der Waals surface area contributed by atoms with Crippen molar-refractivity contribution in [3.05, 3.63) is 0 Å². The third-order valence-electron chi connectivity index (χ3n) is 1.05. The molecule has 0 aromatic carbocycles. The highest BCUT2D eigenvalue weighted by Gasteiger charge is 1.81. The zero-order valence-electron chi connectivity index (χ0n) is 7.43. The van der Waals surface area contributed by atoms with Gasteiger partial charge in [0.25, 0.3) is 0 Å². The molecule has 0 aliphatic rings. The third-order valence-corrected chi connectivity index (χ3v) is 1.05. The standard InChI is InChI=1S/C5H12.C3H9NO/c1-3-5-4-2;1-3(5)2-4/h3-5H2,1-2H3;3,5H,2,4H2,1H3. The zero-order valence-corrected chi connectivity index (χ0v) is 7.43. The molecule has 64 valence electrons. The quantitative estimate of drug-likeness (QED) is 0.636. The molecular weight excluding hydrogens is 126 g/mol. The van der Waals surface area contributed by atoms with E-state index in [4.69, 9.17) is 10.8 Å². The van der Waals surface area contributed by atoms with Gasteiger partial charge in [0.05, 0.1) is 6.10 Å². The molecule has 0 aliphatic carbocycles. The van der Waals surface area contributed by atoms with Crippen molar-refractivity contribution in [1.29, 1.82) is 0 Å². The van der Waals surface area contributed by atoms with E-state index in [9.17, 15) is 0 Å². The predicted molar refractivity (Wildman–Crippen MR) is 45.9 cm³/mol. The molecule has 0 saturated heterocycles. The van der Waals surface area contributed by atoms with Gasteiger partial charge in [-0.25, -0.2) is 0 Å². The maximum Gasteiger partial charge on any atom is 0.0634 e. The Bertz CT molecular complexity index is 44.5. The summed E-state index contributed by atoms with van der Waals surface area (Å²) in [4.78, 5) is 0. The van der Waals surface area contributed by atoms with Crippen LogP contribution in [0.4, 0.5) is 0 Å². The van der Waals surface area contributed by atoms with Crippen molar-refractivity contribution in [1.82, 2.24) is 0 Å². The lowest BCUT2D eigenvalue weighted by atomic mass is 10.3. The van der Waals surface area contributed by atoms with E-state index in [0.717, 1.165) is 0 Å². The summed E-state index contributed by atoms with van der Waals surface area (Å²) in [5.41, 5.74) is 4.92. The Hall–Kier alpha value is -0.0800. The summed E-state index contributed by atoms with van der Waals surface area (Å²) in [7, 11) is 0. The van der Waals surface area contributed by atoms with Crippen LogP contribution in [0.1, 0.15) is 40.0 Å². The molecule has 0 rings (SSSR count). The smallest absolute Gasteiger partial charge is 0.0634 e. The van der Waals surface area contributed by atoms with Crippen molar-refractivity contribution in [2.45, 2.75) is 46.1 Å². The van der Waals surface area contributed by atoms with Crippen LogP contribution >= 0.6 is 0 Å². The lowest BCUT2D eigenvalue weighted by Crippen LogP contribution is -2.14. The van der Waals surface area contributed by atoms with Gasteiger partial charge in [0, 0.05) is 6.54 Å². The molecule has 10 heavy (non-hydrogen) atoms. The fourth-order valence-corrected chi connectivity index (χ4v) is 0.354. The van der Waals surface area contributed by atoms with Crippen molar-refractivity contribution in [2.24, 2.45) is 5.73 Å². The molecule has 0 bridgehead atoms. The normalized spacial score (nSPS) is 11.7. The summed E-state index contributed by atoms with van der Waals surface area (Å²) in [6, 6.07) is 0. The number of hydrogen-bond acceptors (Lipinski definition) is 2. The van der Waals surface area contributed by atoms with Crippen molar-refractivity contribution in [2.75, 3.05) is 6.54 Å². The number of aliphatic hydroxyl groups is 1. The minimum absolute atomic E-state index is 0.338. The van der Waals surface area contributed by atoms with Gasteiger partial charge in [-0.15, -0.1) is 0 Å². The zero-order chi connectivity index (χ0) is 8.41. The highest BCUT2D eigenvalue weighted by Crippen LogP contribution is 1.88. The molecule has 0 saturated carbocycles. The molecule has 1 unspecified atom stereocenters. The Kier molecular flexibility index (Phi) is 14.7. The number of aliphatic hydroxyl groups excluding tert-OH is 1. The molecule has 0 aliphatic heterocycles. The molecular formula is C8H21NO. The van der Waals surface area contributed by atoms with Gasteiger partial charge in [0.1, 0.15) is 0 Å². The molecule has 0 radical (unpaired) electrons. The molecule has 2 nitrogen and oxygen atoms in total. The summed E-state index contributed by atoms with van der Waals surface area (Å²) < 4.78 is 0. The van der Waals surface area contributed by atoms with Gasteiger partial charge >= 0.3 is 0 Å². The van der Waals surface area contributed by atoms with Gasteiger partial charge in [-0.05, 0) is 6.92 Å². The van der Waals surface area contributed by atoms with E-state index in [1.807, 2.05) is 0 Å². The molecule has 2 heteroatoms. The van der Waals surface area contributed by atoms with Crippen LogP contribution in [0.15, 0.2) is 0 Å². The van der Waals surface area contributed by atoms with Crippen molar-refractivity contribution in [3.63, 3.8) is 0 Å². The topological polar surface area (TPSA) is 46.2 Å². The Morgan fingerprint density at radius 2 is 1.60 bits per heavy atom. The molecule has 0 fully saturated rings. The third kappa shape index (κ3) is 24.7. The van der Waals surface area contributed by atoms with E-state index < -0.39 is 0 Å². The van der Waals surface area contributed by atoms with Crippen LogP contribution in [0, 0.1) is 0 Å². The van der Waals surface area contributed by atoms with Crippen LogP contribution in [0.2, 0.25) is 0 Å². The van der Waals surface area contributed by atoms with E-state index in [1.54, 1.807) is 6.92 Å². The van der Waals surface area contributed by atoms with Crippen LogP contribution < -0.4 is 5.73 Å². The molecule has 1 atom stereocenters. The van der Waals surface area contributed by atoms with E-state index >= 15 is 0 Å². The lowest BCUT2D eigenvalue weighted by Gasteiger charge is -1.91. The van der Waals surface area contributed by atoms with Gasteiger partial charge in [0.15, 0.2) is 0 Å². The van der Waals surface area contributed by atoms with E-state index in [1.165, 1.54) is 19.3 Å². The SMILES string of the molecule is CC(O)CN.CCCCC. The lowest BCUT2D eigenvalue weighted by molar-refractivity contribution is 0.203. The van der Waals surface area contributed by atoms with Crippen LogP contribution in [0.5, 0.6) is 0 Å². The predicted octanol–water partition coefficient (Wildman–Crippen LogP) is 1.52. The number of unbranched alkanes of at least 4 members (excludes halogenated alkanes) is 2. The second-order valence-electron chi connectivity index (χ2n) is 2.44. The number of nitrogens with two attached hydrogens (primary N) is 1. The van der Waals surface area contributed by atoms with Crippen LogP contribution in [0.3, 0.4) is 0 Å². The molecule has 0 aromatic rings. The number of rotatable bonds is 3. The van der Waals surface area contributed by atoms with Gasteiger partial charge < -0.3 is 10.8 Å². The van der Waals surface area contributed by atoms with Crippen molar-refractivity contribution in [3.8, 4) is 0 Å². The first-order chi connectivity index (χ1) is 4.68. The Morgan fingerprint density at radius 1 is 1.30 bits per heavy atom. The van der Waals surface area contributed by atoms with Crippen LogP contribution in [-0.2, 0) is 0 Å². The average molecular weight is 147 g/mol.